The summed E-state index contributed by atoms with van der Waals surface area (Å²) in [6, 6.07) is 12.6. The molecule has 2 rings (SSSR count). The Balaban J connectivity index is 1.95. The van der Waals surface area contributed by atoms with Crippen LogP contribution in [0.15, 0.2) is 47.6 Å². The van der Waals surface area contributed by atoms with Gasteiger partial charge in [-0.3, -0.25) is 9.59 Å². The van der Waals surface area contributed by atoms with Crippen molar-refractivity contribution in [2.24, 2.45) is 5.10 Å². The van der Waals surface area contributed by atoms with Crippen molar-refractivity contribution in [3.8, 4) is 0 Å². The normalized spacial score (nSPS) is 10.6. The van der Waals surface area contributed by atoms with Crippen LogP contribution < -0.4 is 10.7 Å². The summed E-state index contributed by atoms with van der Waals surface area (Å²) in [6.45, 7) is 3.81. The minimum absolute atomic E-state index is 0.505. The number of aryl methyl sites for hydroxylation is 2. The second-order valence-corrected chi connectivity index (χ2v) is 5.40. The van der Waals surface area contributed by atoms with Crippen LogP contribution in [0.25, 0.3) is 0 Å². The molecule has 0 saturated carbocycles. The quantitative estimate of drug-likeness (QED) is 0.516. The zero-order valence-electron chi connectivity index (χ0n) is 12.8. The third kappa shape index (κ3) is 4.66. The molecule has 0 unspecified atom stereocenters. The Bertz CT molecular complexity index is 772. The van der Waals surface area contributed by atoms with E-state index in [4.69, 9.17) is 11.6 Å². The van der Waals surface area contributed by atoms with Crippen LogP contribution in [0.1, 0.15) is 16.7 Å². The van der Waals surface area contributed by atoms with E-state index >= 15 is 0 Å². The Morgan fingerprint density at radius 2 is 1.83 bits per heavy atom. The smallest absolute Gasteiger partial charge is 0.317 e. The number of rotatable bonds is 3. The lowest BCUT2D eigenvalue weighted by Crippen LogP contribution is -2.32. The molecule has 0 aliphatic heterocycles. The monoisotopic (exact) mass is 329 g/mol. The van der Waals surface area contributed by atoms with Gasteiger partial charge in [-0.2, -0.15) is 5.10 Å². The Hall–Kier alpha value is -2.66. The third-order valence-electron chi connectivity index (χ3n) is 3.11. The van der Waals surface area contributed by atoms with E-state index in [-0.39, 0.29) is 0 Å². The summed E-state index contributed by atoms with van der Waals surface area (Å²) in [4.78, 5) is 23.6. The number of nitrogens with one attached hydrogen (secondary N) is 2. The van der Waals surface area contributed by atoms with Crippen molar-refractivity contribution < 1.29 is 9.59 Å². The molecule has 2 amide bonds. The maximum atomic E-state index is 11.8. The average Bonchev–Trinajstić information content (AvgIpc) is 2.51. The maximum Gasteiger partial charge on any atom is 0.329 e. The van der Waals surface area contributed by atoms with E-state index in [1.807, 2.05) is 26.0 Å². The first kappa shape index (κ1) is 16.7. The van der Waals surface area contributed by atoms with Gasteiger partial charge in [-0.25, -0.2) is 5.43 Å². The first-order chi connectivity index (χ1) is 11.0. The molecule has 0 heterocycles. The Morgan fingerprint density at radius 3 is 2.52 bits per heavy atom. The van der Waals surface area contributed by atoms with Crippen LogP contribution in [-0.4, -0.2) is 18.0 Å². The summed E-state index contributed by atoms with van der Waals surface area (Å²) in [5.74, 6) is -1.64. The zero-order chi connectivity index (χ0) is 16.8. The Labute approximate surface area is 139 Å². The lowest BCUT2D eigenvalue weighted by molar-refractivity contribution is -0.136. The minimum Gasteiger partial charge on any atom is -0.317 e. The fourth-order valence-corrected chi connectivity index (χ4v) is 2.11. The Kier molecular flexibility index (Phi) is 5.49. The van der Waals surface area contributed by atoms with Gasteiger partial charge in [0.25, 0.3) is 0 Å². The highest BCUT2D eigenvalue weighted by molar-refractivity contribution is 6.39. The molecular formula is C17H16ClN3O2. The molecule has 5 nitrogen and oxygen atoms in total. The largest absolute Gasteiger partial charge is 0.329 e. The molecule has 2 aromatic carbocycles. The zero-order valence-corrected chi connectivity index (χ0v) is 13.5. The minimum atomic E-state index is -0.853. The first-order valence-electron chi connectivity index (χ1n) is 6.93. The number of benzene rings is 2. The molecule has 23 heavy (non-hydrogen) atoms. The highest BCUT2D eigenvalue weighted by Crippen LogP contribution is 2.15. The average molecular weight is 330 g/mol. The number of hydrogen-bond acceptors (Lipinski definition) is 3. The molecule has 0 radical (unpaired) electrons. The van der Waals surface area contributed by atoms with Crippen molar-refractivity contribution in [2.75, 3.05) is 5.32 Å². The van der Waals surface area contributed by atoms with Crippen LogP contribution in [0, 0.1) is 13.8 Å². The summed E-state index contributed by atoms with van der Waals surface area (Å²) in [6.07, 6.45) is 1.38. The fraction of sp³-hybridized carbons (Fsp3) is 0.118. The van der Waals surface area contributed by atoms with E-state index in [9.17, 15) is 9.59 Å². The first-order valence-corrected chi connectivity index (χ1v) is 7.31. The number of hydrogen-bond donors (Lipinski definition) is 2. The summed E-state index contributed by atoms with van der Waals surface area (Å²) in [5, 5.41) is 6.78. The topological polar surface area (TPSA) is 70.6 Å². The Morgan fingerprint density at radius 1 is 1.09 bits per heavy atom. The number of halogens is 1. The molecule has 2 aromatic rings. The fourth-order valence-electron chi connectivity index (χ4n) is 1.92. The second kappa shape index (κ2) is 7.56. The van der Waals surface area contributed by atoms with Crippen molar-refractivity contribution in [1.29, 1.82) is 0 Å². The summed E-state index contributed by atoms with van der Waals surface area (Å²) in [7, 11) is 0. The van der Waals surface area contributed by atoms with Gasteiger partial charge in [-0.1, -0.05) is 47.5 Å². The van der Waals surface area contributed by atoms with Crippen LogP contribution in [0.5, 0.6) is 0 Å². The number of amides is 2. The third-order valence-corrected chi connectivity index (χ3v) is 3.46. The van der Waals surface area contributed by atoms with Crippen molar-refractivity contribution in [3.05, 3.63) is 64.2 Å². The van der Waals surface area contributed by atoms with Gasteiger partial charge in [0, 0.05) is 16.3 Å². The van der Waals surface area contributed by atoms with Gasteiger partial charge in [0.2, 0.25) is 0 Å². The van der Waals surface area contributed by atoms with Gasteiger partial charge in [0.1, 0.15) is 0 Å². The number of hydrazone groups is 1. The number of carbonyl (C=O) groups is 2. The summed E-state index contributed by atoms with van der Waals surface area (Å²) >= 11 is 5.96. The molecule has 0 aromatic heterocycles. The molecule has 0 aliphatic carbocycles. The van der Waals surface area contributed by atoms with Crippen molar-refractivity contribution in [3.63, 3.8) is 0 Å². The van der Waals surface area contributed by atoms with Gasteiger partial charge < -0.3 is 5.32 Å². The van der Waals surface area contributed by atoms with E-state index < -0.39 is 11.8 Å². The van der Waals surface area contributed by atoms with Crippen LogP contribution >= 0.6 is 11.6 Å². The highest BCUT2D eigenvalue weighted by Gasteiger charge is 2.13. The van der Waals surface area contributed by atoms with Crippen LogP contribution in [0.2, 0.25) is 5.02 Å². The van der Waals surface area contributed by atoms with Crippen LogP contribution in [0.4, 0.5) is 5.69 Å². The van der Waals surface area contributed by atoms with Gasteiger partial charge in [-0.05, 0) is 31.5 Å². The molecular weight excluding hydrogens is 314 g/mol. The SMILES string of the molecule is Cc1ccc(NC(=O)C(=O)NN=Cc2ccccc2Cl)c(C)c1. The van der Waals surface area contributed by atoms with E-state index in [1.165, 1.54) is 6.21 Å². The second-order valence-electron chi connectivity index (χ2n) is 4.99. The lowest BCUT2D eigenvalue weighted by atomic mass is 10.1. The number of anilines is 1. The van der Waals surface area contributed by atoms with Gasteiger partial charge >= 0.3 is 11.8 Å². The number of nitrogens with zero attached hydrogens (tertiary/aromatic N) is 1. The molecule has 2 N–H and O–H groups in total. The van der Waals surface area contributed by atoms with Gasteiger partial charge in [0.05, 0.1) is 6.21 Å². The molecule has 0 spiro atoms. The molecule has 0 saturated heterocycles. The van der Waals surface area contributed by atoms with Crippen molar-refractivity contribution in [1.82, 2.24) is 5.43 Å². The van der Waals surface area contributed by atoms with Crippen molar-refractivity contribution in [2.45, 2.75) is 13.8 Å². The molecule has 0 fully saturated rings. The van der Waals surface area contributed by atoms with Gasteiger partial charge in [-0.15, -0.1) is 0 Å². The summed E-state index contributed by atoms with van der Waals surface area (Å²) < 4.78 is 0. The molecule has 0 atom stereocenters. The maximum absolute atomic E-state index is 11.8. The van der Waals surface area contributed by atoms with Crippen molar-refractivity contribution >= 4 is 35.3 Å². The van der Waals surface area contributed by atoms with Gasteiger partial charge in [0.15, 0.2) is 0 Å². The molecule has 6 heteroatoms. The standard InChI is InChI=1S/C17H16ClN3O2/c1-11-7-8-15(12(2)9-11)20-16(22)17(23)21-19-10-13-5-3-4-6-14(13)18/h3-10H,1-2H3,(H,20,22)(H,21,23). The molecule has 0 bridgehead atoms. The summed E-state index contributed by atoms with van der Waals surface area (Å²) in [5.41, 5.74) is 5.36. The lowest BCUT2D eigenvalue weighted by Gasteiger charge is -2.08. The highest BCUT2D eigenvalue weighted by atomic mass is 35.5. The predicted molar refractivity (Wildman–Crippen MR) is 91.7 cm³/mol. The van der Waals surface area contributed by atoms with E-state index in [0.29, 0.717) is 16.3 Å². The predicted octanol–water partition coefficient (Wildman–Crippen LogP) is 3.05. The van der Waals surface area contributed by atoms with E-state index in [0.717, 1.165) is 11.1 Å². The molecule has 118 valence electrons. The van der Waals surface area contributed by atoms with Crippen LogP contribution in [-0.2, 0) is 9.59 Å². The van der Waals surface area contributed by atoms with E-state index in [1.54, 1.807) is 30.3 Å². The molecule has 0 aliphatic rings. The number of carbonyl (C=O) groups excluding carboxylic acids is 2. The van der Waals surface area contributed by atoms with E-state index in [2.05, 4.69) is 15.8 Å². The van der Waals surface area contributed by atoms with Crippen LogP contribution in [0.3, 0.4) is 0 Å².